The number of H-pyrrole nitrogens is 1. The Kier molecular flexibility index (Phi) is 7.46. The van der Waals surface area contributed by atoms with Crippen molar-refractivity contribution in [2.75, 3.05) is 6.54 Å². The second-order valence-corrected chi connectivity index (χ2v) is 9.02. The number of aromatic nitrogens is 2. The lowest BCUT2D eigenvalue weighted by Gasteiger charge is -2.37. The summed E-state index contributed by atoms with van der Waals surface area (Å²) in [5, 5.41) is 11.7. The number of benzene rings is 1. The van der Waals surface area contributed by atoms with E-state index < -0.39 is 5.97 Å². The molecule has 3 rings (SSSR count). The van der Waals surface area contributed by atoms with Crippen LogP contribution in [0.15, 0.2) is 29.8 Å². The van der Waals surface area contributed by atoms with Crippen LogP contribution >= 0.6 is 0 Å². The van der Waals surface area contributed by atoms with E-state index in [2.05, 4.69) is 42.1 Å². The molecule has 0 aliphatic heterocycles. The van der Waals surface area contributed by atoms with Crippen LogP contribution in [-0.4, -0.2) is 33.5 Å². The highest BCUT2D eigenvalue weighted by Crippen LogP contribution is 2.38. The lowest BCUT2D eigenvalue weighted by atomic mass is 9.69. The maximum Gasteiger partial charge on any atom is 0.303 e. The molecule has 1 amide bonds. The molecule has 6 nitrogen and oxygen atoms in total. The molecular formula is C24H32FN3O3. The molecule has 1 heterocycles. The van der Waals surface area contributed by atoms with E-state index in [0.29, 0.717) is 30.7 Å². The van der Waals surface area contributed by atoms with Gasteiger partial charge in [-0.25, -0.2) is 9.37 Å². The Morgan fingerprint density at radius 3 is 2.81 bits per heavy atom. The van der Waals surface area contributed by atoms with Gasteiger partial charge in [-0.2, -0.15) is 0 Å². The zero-order valence-electron chi connectivity index (χ0n) is 18.5. The van der Waals surface area contributed by atoms with Gasteiger partial charge in [0.2, 0.25) is 5.91 Å². The van der Waals surface area contributed by atoms with Crippen LogP contribution in [0.4, 0.5) is 4.39 Å². The summed E-state index contributed by atoms with van der Waals surface area (Å²) in [5.74, 6) is 1.12. The summed E-state index contributed by atoms with van der Waals surface area (Å²) in [5.41, 5.74) is 2.78. The topological polar surface area (TPSA) is 95.1 Å². The zero-order valence-corrected chi connectivity index (χ0v) is 18.5. The first-order valence-electron chi connectivity index (χ1n) is 11.0. The SMILES string of the molecule is CC1=C[C@@H](CNC(=O)CCCC(=O)O)[C@H](C(C)C)C[C@H]1Cc1nc2ccc(F)cc2[nH]1. The van der Waals surface area contributed by atoms with Crippen LogP contribution in [0.3, 0.4) is 0 Å². The number of hydrogen-bond donors (Lipinski definition) is 3. The van der Waals surface area contributed by atoms with E-state index in [1.165, 1.54) is 17.7 Å². The molecule has 0 saturated carbocycles. The second kappa shape index (κ2) is 10.1. The molecule has 7 heteroatoms. The number of fused-ring (bicyclic) bond motifs is 1. The molecule has 1 aliphatic rings. The van der Waals surface area contributed by atoms with Crippen molar-refractivity contribution in [3.05, 3.63) is 41.5 Å². The maximum atomic E-state index is 13.5. The van der Waals surface area contributed by atoms with Crippen molar-refractivity contribution in [3.8, 4) is 0 Å². The van der Waals surface area contributed by atoms with Gasteiger partial charge in [-0.05, 0) is 61.6 Å². The Hall–Kier alpha value is -2.70. The molecule has 1 aliphatic carbocycles. The molecule has 0 spiro atoms. The number of carboxylic acids is 1. The van der Waals surface area contributed by atoms with Crippen LogP contribution in [-0.2, 0) is 16.0 Å². The number of imidazole rings is 1. The molecule has 168 valence electrons. The number of aliphatic carboxylic acids is 1. The van der Waals surface area contributed by atoms with Crippen molar-refractivity contribution < 1.29 is 19.1 Å². The summed E-state index contributed by atoms with van der Waals surface area (Å²) in [6.45, 7) is 7.12. The monoisotopic (exact) mass is 429 g/mol. The molecule has 0 fully saturated rings. The Labute approximate surface area is 182 Å². The third-order valence-electron chi connectivity index (χ3n) is 6.35. The van der Waals surface area contributed by atoms with Gasteiger partial charge in [-0.15, -0.1) is 0 Å². The molecule has 0 saturated heterocycles. The summed E-state index contributed by atoms with van der Waals surface area (Å²) in [4.78, 5) is 30.6. The number of carbonyl (C=O) groups is 2. The number of amides is 1. The fourth-order valence-electron chi connectivity index (χ4n) is 4.59. The Balaban J connectivity index is 1.64. The number of carboxylic acid groups (broad SMARTS) is 1. The van der Waals surface area contributed by atoms with E-state index in [9.17, 15) is 14.0 Å². The van der Waals surface area contributed by atoms with Crippen molar-refractivity contribution in [2.24, 2.45) is 23.7 Å². The minimum absolute atomic E-state index is 0.0145. The molecule has 0 radical (unpaired) electrons. The lowest BCUT2D eigenvalue weighted by molar-refractivity contribution is -0.137. The van der Waals surface area contributed by atoms with Crippen LogP contribution in [0.25, 0.3) is 11.0 Å². The summed E-state index contributed by atoms with van der Waals surface area (Å²) < 4.78 is 13.5. The first kappa shape index (κ1) is 23.0. The van der Waals surface area contributed by atoms with Gasteiger partial charge < -0.3 is 15.4 Å². The molecule has 1 aromatic heterocycles. The number of halogens is 1. The Morgan fingerprint density at radius 1 is 1.32 bits per heavy atom. The fraction of sp³-hybridized carbons (Fsp3) is 0.542. The minimum atomic E-state index is -0.876. The minimum Gasteiger partial charge on any atom is -0.481 e. The number of nitrogens with one attached hydrogen (secondary N) is 2. The number of aromatic amines is 1. The smallest absolute Gasteiger partial charge is 0.303 e. The second-order valence-electron chi connectivity index (χ2n) is 9.02. The van der Waals surface area contributed by atoms with Crippen LogP contribution in [0, 0.1) is 29.5 Å². The number of rotatable bonds is 9. The highest BCUT2D eigenvalue weighted by molar-refractivity contribution is 5.76. The average molecular weight is 430 g/mol. The summed E-state index contributed by atoms with van der Waals surface area (Å²) in [6.07, 6.45) is 4.67. The van der Waals surface area contributed by atoms with E-state index in [4.69, 9.17) is 5.11 Å². The number of carbonyl (C=O) groups excluding carboxylic acids is 1. The first-order chi connectivity index (χ1) is 14.7. The Morgan fingerprint density at radius 2 is 2.10 bits per heavy atom. The predicted molar refractivity (Wildman–Crippen MR) is 118 cm³/mol. The van der Waals surface area contributed by atoms with Gasteiger partial charge in [-0.1, -0.05) is 25.5 Å². The largest absolute Gasteiger partial charge is 0.481 e. The third kappa shape index (κ3) is 6.15. The molecule has 1 aromatic carbocycles. The van der Waals surface area contributed by atoms with E-state index in [1.54, 1.807) is 6.07 Å². The standard InChI is InChI=1S/C24H32FN3O3/c1-14(2)19-10-16(11-22-27-20-8-7-18(25)12-21(20)28-22)15(3)9-17(19)13-26-23(29)5-4-6-24(30)31/h7-9,12,14,16-17,19H,4-6,10-11,13H2,1-3H3,(H,26,29)(H,27,28)(H,30,31)/t16-,17-,19-/m0/s1. The van der Waals surface area contributed by atoms with Crippen LogP contribution in [0.2, 0.25) is 0 Å². The van der Waals surface area contributed by atoms with E-state index in [1.807, 2.05) is 0 Å². The quantitative estimate of drug-likeness (QED) is 0.513. The van der Waals surface area contributed by atoms with Crippen molar-refractivity contribution in [1.82, 2.24) is 15.3 Å². The van der Waals surface area contributed by atoms with Crippen LogP contribution in [0.1, 0.15) is 52.3 Å². The Bertz CT molecular complexity index is 966. The normalized spacial score (nSPS) is 21.3. The summed E-state index contributed by atoms with van der Waals surface area (Å²) in [7, 11) is 0. The summed E-state index contributed by atoms with van der Waals surface area (Å²) in [6, 6.07) is 4.59. The molecule has 3 atom stereocenters. The molecule has 0 unspecified atom stereocenters. The van der Waals surface area contributed by atoms with E-state index in [0.717, 1.165) is 29.7 Å². The van der Waals surface area contributed by atoms with Gasteiger partial charge in [0, 0.05) is 25.8 Å². The van der Waals surface area contributed by atoms with Gasteiger partial charge in [-0.3, -0.25) is 9.59 Å². The molecule has 3 N–H and O–H groups in total. The van der Waals surface area contributed by atoms with E-state index >= 15 is 0 Å². The van der Waals surface area contributed by atoms with Gasteiger partial charge in [0.25, 0.3) is 0 Å². The van der Waals surface area contributed by atoms with Gasteiger partial charge >= 0.3 is 5.97 Å². The van der Waals surface area contributed by atoms with Gasteiger partial charge in [0.15, 0.2) is 0 Å². The third-order valence-corrected chi connectivity index (χ3v) is 6.35. The number of allylic oxidation sites excluding steroid dienone is 1. The molecule has 0 bridgehead atoms. The van der Waals surface area contributed by atoms with Crippen LogP contribution in [0.5, 0.6) is 0 Å². The molecule has 31 heavy (non-hydrogen) atoms. The maximum absolute atomic E-state index is 13.5. The fourth-order valence-corrected chi connectivity index (χ4v) is 4.59. The van der Waals surface area contributed by atoms with E-state index in [-0.39, 0.29) is 30.5 Å². The van der Waals surface area contributed by atoms with Crippen molar-refractivity contribution in [1.29, 1.82) is 0 Å². The highest BCUT2D eigenvalue weighted by atomic mass is 19.1. The molecule has 2 aromatic rings. The summed E-state index contributed by atoms with van der Waals surface area (Å²) >= 11 is 0. The number of hydrogen-bond acceptors (Lipinski definition) is 3. The predicted octanol–water partition coefficient (Wildman–Crippen LogP) is 4.47. The van der Waals surface area contributed by atoms with Crippen molar-refractivity contribution >= 4 is 22.9 Å². The zero-order chi connectivity index (χ0) is 22.5. The van der Waals surface area contributed by atoms with Gasteiger partial charge in [0.05, 0.1) is 11.0 Å². The first-order valence-corrected chi connectivity index (χ1v) is 11.0. The van der Waals surface area contributed by atoms with Crippen molar-refractivity contribution in [3.63, 3.8) is 0 Å². The average Bonchev–Trinajstić information content (AvgIpc) is 3.08. The van der Waals surface area contributed by atoms with Gasteiger partial charge in [0.1, 0.15) is 11.6 Å². The van der Waals surface area contributed by atoms with Crippen molar-refractivity contribution in [2.45, 2.75) is 52.9 Å². The van der Waals surface area contributed by atoms with Crippen LogP contribution < -0.4 is 5.32 Å². The highest BCUT2D eigenvalue weighted by Gasteiger charge is 2.32. The lowest BCUT2D eigenvalue weighted by Crippen LogP contribution is -2.37. The number of nitrogens with zero attached hydrogens (tertiary/aromatic N) is 1. The molecular weight excluding hydrogens is 397 g/mol.